The minimum absolute atomic E-state index is 0.503. The molecular weight excluding hydrogens is 244 g/mol. The molecule has 0 aromatic heterocycles. The van der Waals surface area contributed by atoms with Crippen LogP contribution in [0.25, 0.3) is 0 Å². The predicted molar refractivity (Wildman–Crippen MR) is 88.0 cm³/mol. The van der Waals surface area contributed by atoms with Gasteiger partial charge in [0.25, 0.3) is 0 Å². The molecule has 0 bridgehead atoms. The normalized spacial score (nSPS) is 34.2. The van der Waals surface area contributed by atoms with Gasteiger partial charge in [-0.2, -0.15) is 0 Å². The fraction of sp³-hybridized carbons (Fsp3) is 1.00. The van der Waals surface area contributed by atoms with E-state index in [1.165, 1.54) is 51.7 Å². The smallest absolute Gasteiger partial charge is 0.0246 e. The van der Waals surface area contributed by atoms with E-state index in [0.29, 0.717) is 5.41 Å². The molecule has 1 aliphatic carbocycles. The van der Waals surface area contributed by atoms with Crippen LogP contribution in [0.1, 0.15) is 66.7 Å². The maximum absolute atomic E-state index is 3.64. The average Bonchev–Trinajstić information content (AvgIpc) is 2.63. The fourth-order valence-corrected chi connectivity index (χ4v) is 4.27. The standard InChI is InChI=1S/C18H36N2/c1-14(2)17-13-19-11-6-12-20(17)16-9-7-15(8-10-16)18(3,4)5/h14-17,19H,6-13H2,1-5H3. The van der Waals surface area contributed by atoms with Gasteiger partial charge >= 0.3 is 0 Å². The van der Waals surface area contributed by atoms with E-state index in [2.05, 4.69) is 44.8 Å². The second-order valence-electron chi connectivity index (χ2n) is 8.48. The maximum Gasteiger partial charge on any atom is 0.0246 e. The molecule has 1 atom stereocenters. The second kappa shape index (κ2) is 6.79. The summed E-state index contributed by atoms with van der Waals surface area (Å²) in [4.78, 5) is 2.86. The van der Waals surface area contributed by atoms with E-state index in [1.807, 2.05) is 0 Å². The minimum Gasteiger partial charge on any atom is -0.315 e. The van der Waals surface area contributed by atoms with E-state index in [4.69, 9.17) is 0 Å². The lowest BCUT2D eigenvalue weighted by molar-refractivity contribution is 0.0557. The number of hydrogen-bond acceptors (Lipinski definition) is 2. The molecule has 20 heavy (non-hydrogen) atoms. The Morgan fingerprint density at radius 1 is 1.05 bits per heavy atom. The zero-order valence-electron chi connectivity index (χ0n) is 14.4. The monoisotopic (exact) mass is 280 g/mol. The predicted octanol–water partition coefficient (Wildman–Crippen LogP) is 3.91. The van der Waals surface area contributed by atoms with Gasteiger partial charge in [-0.3, -0.25) is 4.90 Å². The molecule has 2 rings (SSSR count). The first-order valence-corrected chi connectivity index (χ1v) is 8.86. The molecule has 2 aliphatic rings. The van der Waals surface area contributed by atoms with Crippen LogP contribution in [0.3, 0.4) is 0 Å². The summed E-state index contributed by atoms with van der Waals surface area (Å²) >= 11 is 0. The van der Waals surface area contributed by atoms with Crippen LogP contribution in [0.4, 0.5) is 0 Å². The third-order valence-corrected chi connectivity index (χ3v) is 5.71. The van der Waals surface area contributed by atoms with E-state index in [1.54, 1.807) is 0 Å². The number of nitrogens with one attached hydrogen (secondary N) is 1. The first kappa shape index (κ1) is 16.3. The van der Waals surface area contributed by atoms with Gasteiger partial charge in [0.05, 0.1) is 0 Å². The Kier molecular flexibility index (Phi) is 5.53. The van der Waals surface area contributed by atoms with Crippen LogP contribution in [0.2, 0.25) is 0 Å². The zero-order valence-corrected chi connectivity index (χ0v) is 14.4. The molecule has 2 fully saturated rings. The van der Waals surface area contributed by atoms with Gasteiger partial charge in [0.15, 0.2) is 0 Å². The SMILES string of the molecule is CC(C)C1CNCCCN1C1CCC(C(C)(C)C)CC1. The van der Waals surface area contributed by atoms with Crippen molar-refractivity contribution in [3.8, 4) is 0 Å². The Morgan fingerprint density at radius 3 is 2.25 bits per heavy atom. The maximum atomic E-state index is 3.64. The van der Waals surface area contributed by atoms with Crippen molar-refractivity contribution >= 4 is 0 Å². The second-order valence-corrected chi connectivity index (χ2v) is 8.48. The molecule has 1 unspecified atom stereocenters. The third kappa shape index (κ3) is 3.98. The van der Waals surface area contributed by atoms with E-state index in [-0.39, 0.29) is 0 Å². The van der Waals surface area contributed by atoms with Crippen molar-refractivity contribution in [3.63, 3.8) is 0 Å². The van der Waals surface area contributed by atoms with Crippen molar-refractivity contribution in [2.45, 2.75) is 78.8 Å². The molecule has 0 spiro atoms. The molecule has 118 valence electrons. The molecule has 1 N–H and O–H groups in total. The molecule has 2 heteroatoms. The lowest BCUT2D eigenvalue weighted by atomic mass is 9.71. The molecular formula is C18H36N2. The van der Waals surface area contributed by atoms with Gasteiger partial charge in [-0.25, -0.2) is 0 Å². The molecule has 1 aliphatic heterocycles. The fourth-order valence-electron chi connectivity index (χ4n) is 4.27. The van der Waals surface area contributed by atoms with Crippen LogP contribution in [-0.2, 0) is 0 Å². The average molecular weight is 281 g/mol. The summed E-state index contributed by atoms with van der Waals surface area (Å²) < 4.78 is 0. The van der Waals surface area contributed by atoms with E-state index >= 15 is 0 Å². The van der Waals surface area contributed by atoms with Crippen LogP contribution < -0.4 is 5.32 Å². The largest absolute Gasteiger partial charge is 0.315 e. The summed E-state index contributed by atoms with van der Waals surface area (Å²) in [5.74, 6) is 1.70. The summed E-state index contributed by atoms with van der Waals surface area (Å²) in [6, 6.07) is 1.59. The first-order chi connectivity index (χ1) is 9.39. The van der Waals surface area contributed by atoms with Crippen molar-refractivity contribution in [2.75, 3.05) is 19.6 Å². The summed E-state index contributed by atoms with van der Waals surface area (Å²) in [7, 11) is 0. The molecule has 0 aromatic carbocycles. The topological polar surface area (TPSA) is 15.3 Å². The lowest BCUT2D eigenvalue weighted by Gasteiger charge is -2.44. The highest BCUT2D eigenvalue weighted by molar-refractivity contribution is 4.90. The molecule has 0 radical (unpaired) electrons. The van der Waals surface area contributed by atoms with Gasteiger partial charge in [-0.1, -0.05) is 34.6 Å². The van der Waals surface area contributed by atoms with Crippen molar-refractivity contribution < 1.29 is 0 Å². The van der Waals surface area contributed by atoms with Gasteiger partial charge < -0.3 is 5.32 Å². The molecule has 0 amide bonds. The quantitative estimate of drug-likeness (QED) is 0.825. The van der Waals surface area contributed by atoms with Crippen molar-refractivity contribution in [2.24, 2.45) is 17.3 Å². The summed E-state index contributed by atoms with van der Waals surface area (Å²) in [5, 5.41) is 3.64. The van der Waals surface area contributed by atoms with Crippen LogP contribution in [0.15, 0.2) is 0 Å². The van der Waals surface area contributed by atoms with Gasteiger partial charge in [0, 0.05) is 18.6 Å². The minimum atomic E-state index is 0.503. The van der Waals surface area contributed by atoms with Gasteiger partial charge in [-0.05, 0) is 62.4 Å². The highest BCUT2D eigenvalue weighted by Crippen LogP contribution is 2.39. The Bertz CT molecular complexity index is 284. The highest BCUT2D eigenvalue weighted by Gasteiger charge is 2.35. The van der Waals surface area contributed by atoms with Gasteiger partial charge in [-0.15, -0.1) is 0 Å². The molecule has 0 aromatic rings. The Balaban J connectivity index is 1.96. The van der Waals surface area contributed by atoms with Crippen LogP contribution in [0, 0.1) is 17.3 Å². The summed E-state index contributed by atoms with van der Waals surface area (Å²) in [6.45, 7) is 15.8. The molecule has 1 heterocycles. The Hall–Kier alpha value is -0.0800. The van der Waals surface area contributed by atoms with E-state index in [0.717, 1.165) is 23.9 Å². The van der Waals surface area contributed by atoms with Crippen molar-refractivity contribution in [1.29, 1.82) is 0 Å². The van der Waals surface area contributed by atoms with Crippen molar-refractivity contribution in [1.82, 2.24) is 10.2 Å². The van der Waals surface area contributed by atoms with E-state index < -0.39 is 0 Å². The molecule has 1 saturated heterocycles. The third-order valence-electron chi connectivity index (χ3n) is 5.71. The van der Waals surface area contributed by atoms with E-state index in [9.17, 15) is 0 Å². The van der Waals surface area contributed by atoms with Crippen LogP contribution in [-0.4, -0.2) is 36.6 Å². The number of hydrogen-bond donors (Lipinski definition) is 1. The number of rotatable bonds is 2. The zero-order chi connectivity index (χ0) is 14.8. The summed E-state index contributed by atoms with van der Waals surface area (Å²) in [5.41, 5.74) is 0.503. The Morgan fingerprint density at radius 2 is 1.70 bits per heavy atom. The van der Waals surface area contributed by atoms with Gasteiger partial charge in [0.1, 0.15) is 0 Å². The Labute approximate surface area is 126 Å². The van der Waals surface area contributed by atoms with Gasteiger partial charge in [0.2, 0.25) is 0 Å². The van der Waals surface area contributed by atoms with Crippen molar-refractivity contribution in [3.05, 3.63) is 0 Å². The first-order valence-electron chi connectivity index (χ1n) is 8.86. The number of nitrogens with zero attached hydrogens (tertiary/aromatic N) is 1. The highest BCUT2D eigenvalue weighted by atomic mass is 15.2. The molecule has 2 nitrogen and oxygen atoms in total. The van der Waals surface area contributed by atoms with Crippen LogP contribution in [0.5, 0.6) is 0 Å². The molecule has 1 saturated carbocycles. The van der Waals surface area contributed by atoms with Crippen LogP contribution >= 0.6 is 0 Å². The lowest BCUT2D eigenvalue weighted by Crippen LogP contribution is -2.50. The summed E-state index contributed by atoms with van der Waals surface area (Å²) in [6.07, 6.45) is 7.03.